The van der Waals surface area contributed by atoms with Crippen LogP contribution in [0, 0.1) is 5.92 Å². The van der Waals surface area contributed by atoms with Gasteiger partial charge in [0.15, 0.2) is 0 Å². The van der Waals surface area contributed by atoms with Crippen LogP contribution >= 0.6 is 0 Å². The number of carbonyl (C=O) groups excluding carboxylic acids is 2. The number of methoxy groups -OCH3 is 3. The molecule has 1 saturated heterocycles. The van der Waals surface area contributed by atoms with E-state index in [2.05, 4.69) is 0 Å². The number of esters is 1. The first kappa shape index (κ1) is 15.2. The summed E-state index contributed by atoms with van der Waals surface area (Å²) in [5.74, 6) is 0.492. The number of rotatable bonds is 5. The highest BCUT2D eigenvalue weighted by Crippen LogP contribution is 2.31. The van der Waals surface area contributed by atoms with Crippen molar-refractivity contribution in [3.05, 3.63) is 23.8 Å². The Bertz CT molecular complexity index is 521. The average molecular weight is 293 g/mol. The molecule has 0 radical (unpaired) electrons. The molecule has 21 heavy (non-hydrogen) atoms. The largest absolute Gasteiger partial charge is 0.496 e. The van der Waals surface area contributed by atoms with Crippen LogP contribution in [0.15, 0.2) is 18.2 Å². The Morgan fingerprint density at radius 2 is 1.86 bits per heavy atom. The van der Waals surface area contributed by atoms with E-state index >= 15 is 0 Å². The smallest absolute Gasteiger partial charge is 0.310 e. The summed E-state index contributed by atoms with van der Waals surface area (Å²) in [4.78, 5) is 25.2. The Balaban J connectivity index is 2.19. The van der Waals surface area contributed by atoms with E-state index in [4.69, 9.17) is 14.2 Å². The van der Waals surface area contributed by atoms with E-state index in [1.165, 1.54) is 7.11 Å². The summed E-state index contributed by atoms with van der Waals surface area (Å²) in [6.07, 6.45) is 0.185. The number of amides is 1. The van der Waals surface area contributed by atoms with Crippen LogP contribution in [0.25, 0.3) is 0 Å². The average Bonchev–Trinajstić information content (AvgIpc) is 2.87. The maximum atomic E-state index is 12.0. The molecule has 1 aromatic carbocycles. The summed E-state index contributed by atoms with van der Waals surface area (Å²) in [5, 5.41) is 0. The van der Waals surface area contributed by atoms with Gasteiger partial charge in [0.25, 0.3) is 0 Å². The molecule has 1 aromatic rings. The predicted molar refractivity (Wildman–Crippen MR) is 75.1 cm³/mol. The first-order chi connectivity index (χ1) is 10.1. The summed E-state index contributed by atoms with van der Waals surface area (Å²) in [7, 11) is 4.47. The van der Waals surface area contributed by atoms with E-state index in [-0.39, 0.29) is 18.3 Å². The summed E-state index contributed by atoms with van der Waals surface area (Å²) in [5.41, 5.74) is 0.793. The fraction of sp³-hybridized carbons (Fsp3) is 0.467. The van der Waals surface area contributed by atoms with E-state index in [1.54, 1.807) is 19.1 Å². The second-order valence-corrected chi connectivity index (χ2v) is 4.84. The second kappa shape index (κ2) is 6.47. The van der Waals surface area contributed by atoms with E-state index < -0.39 is 5.92 Å². The van der Waals surface area contributed by atoms with Crippen molar-refractivity contribution in [2.45, 2.75) is 13.0 Å². The maximum absolute atomic E-state index is 12.0. The lowest BCUT2D eigenvalue weighted by Crippen LogP contribution is -2.26. The van der Waals surface area contributed by atoms with Crippen LogP contribution in [0.3, 0.4) is 0 Å². The molecule has 1 aliphatic rings. The van der Waals surface area contributed by atoms with Gasteiger partial charge >= 0.3 is 5.97 Å². The molecule has 114 valence electrons. The van der Waals surface area contributed by atoms with Crippen molar-refractivity contribution >= 4 is 11.9 Å². The third kappa shape index (κ3) is 3.09. The van der Waals surface area contributed by atoms with Crippen molar-refractivity contribution in [1.29, 1.82) is 0 Å². The van der Waals surface area contributed by atoms with Gasteiger partial charge < -0.3 is 19.1 Å². The molecular formula is C15H19NO5. The van der Waals surface area contributed by atoms with E-state index in [1.807, 2.05) is 18.2 Å². The van der Waals surface area contributed by atoms with Crippen molar-refractivity contribution in [2.75, 3.05) is 27.9 Å². The number of benzene rings is 1. The lowest BCUT2D eigenvalue weighted by Gasteiger charge is -2.20. The fourth-order valence-corrected chi connectivity index (χ4v) is 2.52. The Morgan fingerprint density at radius 1 is 1.24 bits per heavy atom. The predicted octanol–water partition coefficient (Wildman–Crippen LogP) is 1.23. The molecule has 1 fully saturated rings. The van der Waals surface area contributed by atoms with Crippen LogP contribution in [-0.4, -0.2) is 44.7 Å². The van der Waals surface area contributed by atoms with Gasteiger partial charge in [-0.3, -0.25) is 9.59 Å². The van der Waals surface area contributed by atoms with Gasteiger partial charge in [0.05, 0.1) is 39.4 Å². The van der Waals surface area contributed by atoms with Crippen molar-refractivity contribution < 1.29 is 23.8 Å². The molecule has 1 heterocycles. The lowest BCUT2D eigenvalue weighted by atomic mass is 10.1. The van der Waals surface area contributed by atoms with Crippen molar-refractivity contribution in [1.82, 2.24) is 4.90 Å². The highest BCUT2D eigenvalue weighted by atomic mass is 16.5. The van der Waals surface area contributed by atoms with Crippen LogP contribution < -0.4 is 9.47 Å². The van der Waals surface area contributed by atoms with Gasteiger partial charge in [-0.2, -0.15) is 0 Å². The fourth-order valence-electron chi connectivity index (χ4n) is 2.52. The molecule has 1 amide bonds. The maximum Gasteiger partial charge on any atom is 0.310 e. The van der Waals surface area contributed by atoms with E-state index in [0.717, 1.165) is 5.56 Å². The Morgan fingerprint density at radius 3 is 2.38 bits per heavy atom. The number of likely N-dealkylation sites (tertiary alicyclic amines) is 1. The van der Waals surface area contributed by atoms with Crippen molar-refractivity contribution in [3.8, 4) is 11.5 Å². The molecular weight excluding hydrogens is 274 g/mol. The minimum Gasteiger partial charge on any atom is -0.496 e. The molecule has 6 heteroatoms. The van der Waals surface area contributed by atoms with Crippen LogP contribution in [0.4, 0.5) is 0 Å². The SMILES string of the molecule is COC(=O)C1CC(=O)N(Cc2c(OC)cccc2OC)C1. The normalized spacial score (nSPS) is 17.8. The summed E-state index contributed by atoms with van der Waals surface area (Å²) >= 11 is 0. The van der Waals surface area contributed by atoms with Gasteiger partial charge in [0.2, 0.25) is 5.91 Å². The van der Waals surface area contributed by atoms with Crippen molar-refractivity contribution in [3.63, 3.8) is 0 Å². The van der Waals surface area contributed by atoms with Gasteiger partial charge in [0, 0.05) is 13.0 Å². The van der Waals surface area contributed by atoms with Crippen LogP contribution in [0.1, 0.15) is 12.0 Å². The summed E-state index contributed by atoms with van der Waals surface area (Å²) in [6.45, 7) is 0.701. The molecule has 0 N–H and O–H groups in total. The number of carbonyl (C=O) groups is 2. The lowest BCUT2D eigenvalue weighted by molar-refractivity contribution is -0.145. The topological polar surface area (TPSA) is 65.1 Å². The van der Waals surface area contributed by atoms with Gasteiger partial charge in [-0.1, -0.05) is 6.07 Å². The summed E-state index contributed by atoms with van der Waals surface area (Å²) in [6, 6.07) is 5.45. The molecule has 1 aliphatic heterocycles. The van der Waals surface area contributed by atoms with Crippen LogP contribution in [0.5, 0.6) is 11.5 Å². The third-order valence-electron chi connectivity index (χ3n) is 3.63. The first-order valence-corrected chi connectivity index (χ1v) is 6.66. The first-order valence-electron chi connectivity index (χ1n) is 6.66. The van der Waals surface area contributed by atoms with Gasteiger partial charge in [-0.25, -0.2) is 0 Å². The van der Waals surface area contributed by atoms with Gasteiger partial charge in [-0.05, 0) is 12.1 Å². The Hall–Kier alpha value is -2.24. The van der Waals surface area contributed by atoms with Gasteiger partial charge in [0.1, 0.15) is 11.5 Å². The number of nitrogens with zero attached hydrogens (tertiary/aromatic N) is 1. The zero-order chi connectivity index (χ0) is 15.4. The standard InChI is InChI=1S/C15H19NO5/c1-19-12-5-4-6-13(20-2)11(12)9-16-8-10(7-14(16)17)15(18)21-3/h4-6,10H,7-9H2,1-3H3. The number of ether oxygens (including phenoxy) is 3. The zero-order valence-electron chi connectivity index (χ0n) is 12.4. The molecule has 0 bridgehead atoms. The van der Waals surface area contributed by atoms with Crippen LogP contribution in [0.2, 0.25) is 0 Å². The monoisotopic (exact) mass is 293 g/mol. The quantitative estimate of drug-likeness (QED) is 0.764. The minimum absolute atomic E-state index is 0.0710. The highest BCUT2D eigenvalue weighted by Gasteiger charge is 2.35. The summed E-state index contributed by atoms with van der Waals surface area (Å²) < 4.78 is 15.3. The molecule has 0 aliphatic carbocycles. The molecule has 1 unspecified atom stereocenters. The van der Waals surface area contributed by atoms with E-state index in [0.29, 0.717) is 24.6 Å². The molecule has 0 aromatic heterocycles. The van der Waals surface area contributed by atoms with E-state index in [9.17, 15) is 9.59 Å². The Kier molecular flexibility index (Phi) is 4.67. The minimum atomic E-state index is -0.400. The number of hydrogen-bond donors (Lipinski definition) is 0. The van der Waals surface area contributed by atoms with Crippen LogP contribution in [-0.2, 0) is 20.9 Å². The second-order valence-electron chi connectivity index (χ2n) is 4.84. The molecule has 1 atom stereocenters. The zero-order valence-corrected chi connectivity index (χ0v) is 12.4. The highest BCUT2D eigenvalue weighted by molar-refractivity contribution is 5.86. The van der Waals surface area contributed by atoms with Gasteiger partial charge in [-0.15, -0.1) is 0 Å². The number of hydrogen-bond acceptors (Lipinski definition) is 5. The molecule has 2 rings (SSSR count). The molecule has 0 spiro atoms. The molecule has 0 saturated carbocycles. The Labute approximate surface area is 123 Å². The van der Waals surface area contributed by atoms with Crippen molar-refractivity contribution in [2.24, 2.45) is 5.92 Å². The molecule has 6 nitrogen and oxygen atoms in total. The third-order valence-corrected chi connectivity index (χ3v) is 3.63.